The number of rotatable bonds is 5. The fraction of sp³-hybridized carbons (Fsp3) is 0.833. The summed E-state index contributed by atoms with van der Waals surface area (Å²) < 4.78 is 5.03. The third-order valence-corrected chi connectivity index (χ3v) is 0.939. The first-order valence-electron chi connectivity index (χ1n) is 3.18. The molecule has 0 amide bonds. The predicted molar refractivity (Wildman–Crippen MR) is 37.6 cm³/mol. The smallest absolute Gasteiger partial charge is 0.0906 e. The molecular weight excluding hydrogens is 116 g/mol. The Hall–Kier alpha value is -0.570. The van der Waals surface area contributed by atoms with E-state index in [-0.39, 0.29) is 5.84 Å². The molecule has 0 spiro atoms. The molecule has 0 rings (SSSR count). The Kier molecular flexibility index (Phi) is 5.21. The van der Waals surface area contributed by atoms with Crippen LogP contribution in [0.5, 0.6) is 0 Å². The molecule has 0 atom stereocenters. The molecule has 0 aromatic carbocycles. The summed E-state index contributed by atoms with van der Waals surface area (Å²) in [6.45, 7) is 3.42. The van der Waals surface area contributed by atoms with Crippen molar-refractivity contribution < 1.29 is 4.74 Å². The van der Waals surface area contributed by atoms with Crippen molar-refractivity contribution in [3.8, 4) is 0 Å². The van der Waals surface area contributed by atoms with Crippen molar-refractivity contribution in [1.29, 1.82) is 5.41 Å². The van der Waals surface area contributed by atoms with Crippen LogP contribution >= 0.6 is 0 Å². The van der Waals surface area contributed by atoms with Gasteiger partial charge in [-0.15, -0.1) is 0 Å². The Morgan fingerprint density at radius 3 is 2.78 bits per heavy atom. The number of hydrogen-bond donors (Lipinski definition) is 2. The van der Waals surface area contributed by atoms with Gasteiger partial charge in [-0.25, -0.2) is 0 Å². The van der Waals surface area contributed by atoms with Crippen LogP contribution in [0, 0.1) is 5.41 Å². The Balaban J connectivity index is 2.83. The number of nitrogens with two attached hydrogens (primary N) is 1. The van der Waals surface area contributed by atoms with Gasteiger partial charge in [0.25, 0.3) is 0 Å². The Labute approximate surface area is 55.7 Å². The van der Waals surface area contributed by atoms with Gasteiger partial charge >= 0.3 is 0 Å². The summed E-state index contributed by atoms with van der Waals surface area (Å²) in [5, 5.41) is 6.85. The van der Waals surface area contributed by atoms with Crippen LogP contribution < -0.4 is 5.73 Å². The molecule has 9 heavy (non-hydrogen) atoms. The van der Waals surface area contributed by atoms with Crippen LogP contribution in [0.4, 0.5) is 0 Å². The van der Waals surface area contributed by atoms with Crippen molar-refractivity contribution in [1.82, 2.24) is 0 Å². The molecule has 3 N–H and O–H groups in total. The first-order chi connectivity index (χ1) is 4.27. The van der Waals surface area contributed by atoms with E-state index >= 15 is 0 Å². The number of hydrogen-bond acceptors (Lipinski definition) is 2. The van der Waals surface area contributed by atoms with Crippen molar-refractivity contribution in [2.24, 2.45) is 5.73 Å². The van der Waals surface area contributed by atoms with Crippen LogP contribution in [0.3, 0.4) is 0 Å². The van der Waals surface area contributed by atoms with E-state index in [4.69, 9.17) is 15.9 Å². The standard InChI is InChI=1S/C6H14N2O/c1-2-9-5-3-4-6(7)8/h2-5H2,1H3,(H3,7,8). The molecule has 0 saturated carbocycles. The fourth-order valence-electron chi connectivity index (χ4n) is 0.509. The highest BCUT2D eigenvalue weighted by atomic mass is 16.5. The second kappa shape index (κ2) is 5.56. The molecule has 0 heterocycles. The van der Waals surface area contributed by atoms with Gasteiger partial charge in [-0.05, 0) is 13.3 Å². The topological polar surface area (TPSA) is 59.1 Å². The van der Waals surface area contributed by atoms with Crippen LogP contribution in [0.15, 0.2) is 0 Å². The lowest BCUT2D eigenvalue weighted by Crippen LogP contribution is -2.10. The summed E-state index contributed by atoms with van der Waals surface area (Å²) in [7, 11) is 0. The molecule has 0 radical (unpaired) electrons. The Morgan fingerprint density at radius 2 is 2.33 bits per heavy atom. The molecule has 0 aliphatic carbocycles. The first-order valence-corrected chi connectivity index (χ1v) is 3.18. The third-order valence-electron chi connectivity index (χ3n) is 0.939. The van der Waals surface area contributed by atoms with Crippen molar-refractivity contribution in [3.63, 3.8) is 0 Å². The molecule has 3 heteroatoms. The van der Waals surface area contributed by atoms with Gasteiger partial charge in [0, 0.05) is 19.6 Å². The SMILES string of the molecule is CCOCCCC(=N)N. The zero-order chi connectivity index (χ0) is 7.11. The van der Waals surface area contributed by atoms with Gasteiger partial charge in [0.2, 0.25) is 0 Å². The average molecular weight is 130 g/mol. The first kappa shape index (κ1) is 8.43. The van der Waals surface area contributed by atoms with E-state index in [1.54, 1.807) is 0 Å². The van der Waals surface area contributed by atoms with Crippen LogP contribution in [-0.4, -0.2) is 19.0 Å². The second-order valence-corrected chi connectivity index (χ2v) is 1.83. The van der Waals surface area contributed by atoms with Gasteiger partial charge in [0.1, 0.15) is 0 Å². The van der Waals surface area contributed by atoms with Gasteiger partial charge in [0.05, 0.1) is 5.84 Å². The van der Waals surface area contributed by atoms with Gasteiger partial charge in [-0.3, -0.25) is 5.41 Å². The zero-order valence-electron chi connectivity index (χ0n) is 5.81. The highest BCUT2D eigenvalue weighted by Crippen LogP contribution is 1.87. The van der Waals surface area contributed by atoms with Crippen LogP contribution in [0.1, 0.15) is 19.8 Å². The van der Waals surface area contributed by atoms with Crippen molar-refractivity contribution in [2.75, 3.05) is 13.2 Å². The van der Waals surface area contributed by atoms with Gasteiger partial charge in [-0.2, -0.15) is 0 Å². The van der Waals surface area contributed by atoms with Crippen molar-refractivity contribution in [2.45, 2.75) is 19.8 Å². The van der Waals surface area contributed by atoms with E-state index in [1.165, 1.54) is 0 Å². The Morgan fingerprint density at radius 1 is 1.67 bits per heavy atom. The molecule has 0 bridgehead atoms. The second-order valence-electron chi connectivity index (χ2n) is 1.83. The molecular formula is C6H14N2O. The van der Waals surface area contributed by atoms with E-state index in [1.807, 2.05) is 6.92 Å². The molecule has 54 valence electrons. The summed E-state index contributed by atoms with van der Waals surface area (Å²) in [6.07, 6.45) is 1.52. The van der Waals surface area contributed by atoms with Crippen LogP contribution in [0.2, 0.25) is 0 Å². The summed E-state index contributed by atoms with van der Waals surface area (Å²) in [6, 6.07) is 0. The average Bonchev–Trinajstić information content (AvgIpc) is 1.80. The van der Waals surface area contributed by atoms with Crippen molar-refractivity contribution >= 4 is 5.84 Å². The number of nitrogens with one attached hydrogen (secondary N) is 1. The maximum absolute atomic E-state index is 6.85. The lowest BCUT2D eigenvalue weighted by Gasteiger charge is -1.98. The lowest BCUT2D eigenvalue weighted by molar-refractivity contribution is 0.146. The summed E-state index contributed by atoms with van der Waals surface area (Å²) in [5.74, 6) is 0.245. The maximum Gasteiger partial charge on any atom is 0.0906 e. The van der Waals surface area contributed by atoms with E-state index in [2.05, 4.69) is 0 Å². The van der Waals surface area contributed by atoms with E-state index in [9.17, 15) is 0 Å². The fourth-order valence-corrected chi connectivity index (χ4v) is 0.509. The summed E-state index contributed by atoms with van der Waals surface area (Å²) >= 11 is 0. The highest BCUT2D eigenvalue weighted by molar-refractivity contribution is 5.76. The normalized spacial score (nSPS) is 9.44. The monoisotopic (exact) mass is 130 g/mol. The number of ether oxygens (including phenoxy) is 1. The van der Waals surface area contributed by atoms with Gasteiger partial charge in [0.15, 0.2) is 0 Å². The molecule has 0 saturated heterocycles. The van der Waals surface area contributed by atoms with Crippen LogP contribution in [-0.2, 0) is 4.74 Å². The quantitative estimate of drug-likeness (QED) is 0.327. The molecule has 0 aromatic heterocycles. The summed E-state index contributed by atoms with van der Waals surface area (Å²) in [5.41, 5.74) is 5.10. The van der Waals surface area contributed by atoms with E-state index in [0.717, 1.165) is 19.6 Å². The molecule has 0 aromatic rings. The minimum Gasteiger partial charge on any atom is -0.388 e. The van der Waals surface area contributed by atoms with Crippen molar-refractivity contribution in [3.05, 3.63) is 0 Å². The predicted octanol–water partition coefficient (Wildman–Crippen LogP) is 0.739. The minimum absolute atomic E-state index is 0.245. The molecule has 3 nitrogen and oxygen atoms in total. The highest BCUT2D eigenvalue weighted by Gasteiger charge is 1.88. The van der Waals surface area contributed by atoms with Gasteiger partial charge < -0.3 is 10.5 Å². The van der Waals surface area contributed by atoms with Crippen LogP contribution in [0.25, 0.3) is 0 Å². The minimum atomic E-state index is 0.245. The largest absolute Gasteiger partial charge is 0.388 e. The molecule has 0 fully saturated rings. The maximum atomic E-state index is 6.85. The number of amidine groups is 1. The molecule has 0 aliphatic heterocycles. The Bertz CT molecular complexity index is 83.1. The zero-order valence-corrected chi connectivity index (χ0v) is 5.81. The summed E-state index contributed by atoms with van der Waals surface area (Å²) in [4.78, 5) is 0. The van der Waals surface area contributed by atoms with Gasteiger partial charge in [-0.1, -0.05) is 0 Å². The van der Waals surface area contributed by atoms with E-state index in [0.29, 0.717) is 6.42 Å². The molecule has 0 aliphatic rings. The lowest BCUT2D eigenvalue weighted by atomic mass is 10.3. The van der Waals surface area contributed by atoms with E-state index < -0.39 is 0 Å². The molecule has 0 unspecified atom stereocenters. The third kappa shape index (κ3) is 7.43.